The lowest BCUT2D eigenvalue weighted by Gasteiger charge is -2.09. The van der Waals surface area contributed by atoms with Gasteiger partial charge in [0.05, 0.1) is 0 Å². The van der Waals surface area contributed by atoms with Crippen molar-refractivity contribution in [1.82, 2.24) is 0 Å². The Balaban J connectivity index is 2.18. The van der Waals surface area contributed by atoms with Gasteiger partial charge in [-0.05, 0) is 12.8 Å². The van der Waals surface area contributed by atoms with Gasteiger partial charge in [-0.15, -0.1) is 15.8 Å². The van der Waals surface area contributed by atoms with Gasteiger partial charge in [0, 0.05) is 0 Å². The number of hydrogen-bond acceptors (Lipinski definition) is 0. The second-order valence-electron chi connectivity index (χ2n) is 4.26. The van der Waals surface area contributed by atoms with Crippen LogP contribution >= 0.6 is 15.8 Å². The fraction of sp³-hybridized carbons (Fsp3) is 0.143. The van der Waals surface area contributed by atoms with Crippen molar-refractivity contribution in [1.29, 1.82) is 0 Å². The quantitative estimate of drug-likeness (QED) is 0.645. The van der Waals surface area contributed by atoms with Crippen molar-refractivity contribution >= 4 is 32.2 Å². The molecular weight excluding hydrogens is 259 g/mol. The van der Waals surface area contributed by atoms with Crippen molar-refractivity contribution < 1.29 is 0 Å². The van der Waals surface area contributed by atoms with Crippen LogP contribution in [0.25, 0.3) is 0 Å². The average molecular weight is 271 g/mol. The molecule has 0 aromatic heterocycles. The molecule has 0 saturated heterocycles. The van der Waals surface area contributed by atoms with Gasteiger partial charge in [0.2, 0.25) is 0 Å². The van der Waals surface area contributed by atoms with Gasteiger partial charge in [0.25, 0.3) is 5.54 Å². The molecular formula is C14H12BBr. The molecule has 0 aliphatic carbocycles. The monoisotopic (exact) mass is 270 g/mol. The number of hydrogen-bond donors (Lipinski definition) is 0. The summed E-state index contributed by atoms with van der Waals surface area (Å²) in [7, 11) is 0. The van der Waals surface area contributed by atoms with E-state index in [1.54, 1.807) is 0 Å². The second kappa shape index (κ2) is 4.10. The molecule has 1 aliphatic heterocycles. The zero-order valence-electron chi connectivity index (χ0n) is 8.99. The predicted octanol–water partition coefficient (Wildman–Crippen LogP) is 2.29. The van der Waals surface area contributed by atoms with Gasteiger partial charge in [0.15, 0.2) is 0 Å². The minimum Gasteiger partial charge on any atom is -0.143 e. The van der Waals surface area contributed by atoms with E-state index in [1.165, 1.54) is 22.1 Å². The van der Waals surface area contributed by atoms with E-state index < -0.39 is 0 Å². The Hall–Kier alpha value is -1.02. The fourth-order valence-corrected chi connectivity index (χ4v) is 3.35. The minimum atomic E-state index is 0.349. The lowest BCUT2D eigenvalue weighted by molar-refractivity contribution is 0.977. The molecule has 2 aromatic rings. The van der Waals surface area contributed by atoms with Crippen LogP contribution in [0.15, 0.2) is 48.5 Å². The Labute approximate surface area is 105 Å². The van der Waals surface area contributed by atoms with Crippen LogP contribution in [-0.4, -0.2) is 5.54 Å². The summed E-state index contributed by atoms with van der Waals surface area (Å²) in [5.41, 5.74) is 6.14. The van der Waals surface area contributed by atoms with Crippen molar-refractivity contribution in [3.8, 4) is 0 Å². The predicted molar refractivity (Wildman–Crippen MR) is 74.2 cm³/mol. The van der Waals surface area contributed by atoms with Gasteiger partial charge >= 0.3 is 0 Å². The molecule has 0 fully saturated rings. The molecule has 2 heteroatoms. The highest BCUT2D eigenvalue weighted by Gasteiger charge is 2.23. The zero-order valence-corrected chi connectivity index (χ0v) is 10.6. The van der Waals surface area contributed by atoms with Crippen LogP contribution in [0.1, 0.15) is 11.1 Å². The van der Waals surface area contributed by atoms with E-state index >= 15 is 0 Å². The normalized spacial score (nSPS) is 13.9. The van der Waals surface area contributed by atoms with E-state index in [9.17, 15) is 0 Å². The topological polar surface area (TPSA) is 0 Å². The number of fused-ring (bicyclic) bond motifs is 2. The molecule has 0 N–H and O–H groups in total. The van der Waals surface area contributed by atoms with E-state index in [-0.39, 0.29) is 0 Å². The van der Waals surface area contributed by atoms with E-state index in [2.05, 4.69) is 64.3 Å². The molecule has 78 valence electrons. The van der Waals surface area contributed by atoms with Crippen LogP contribution in [0.4, 0.5) is 0 Å². The Morgan fingerprint density at radius 2 is 1.19 bits per heavy atom. The van der Waals surface area contributed by atoms with E-state index in [4.69, 9.17) is 0 Å². The standard InChI is InChI=1S/C14H12BBr/c16-15-13-7-3-1-5-11(13)9-10-12-6-2-4-8-14(12)15/h1-8H,9-10H2. The first kappa shape index (κ1) is 10.2. The third kappa shape index (κ3) is 1.61. The van der Waals surface area contributed by atoms with E-state index in [1.807, 2.05) is 0 Å². The van der Waals surface area contributed by atoms with Crippen molar-refractivity contribution in [2.24, 2.45) is 0 Å². The van der Waals surface area contributed by atoms with Gasteiger partial charge < -0.3 is 0 Å². The summed E-state index contributed by atoms with van der Waals surface area (Å²) in [5, 5.41) is 0. The van der Waals surface area contributed by atoms with Crippen LogP contribution in [0.5, 0.6) is 0 Å². The first-order chi connectivity index (χ1) is 7.86. The van der Waals surface area contributed by atoms with Crippen molar-refractivity contribution in [3.63, 3.8) is 0 Å². The van der Waals surface area contributed by atoms with Crippen LogP contribution in [0.3, 0.4) is 0 Å². The number of benzene rings is 2. The number of halogens is 1. The molecule has 1 aliphatic rings. The van der Waals surface area contributed by atoms with Gasteiger partial charge in [-0.25, -0.2) is 0 Å². The minimum absolute atomic E-state index is 0.349. The van der Waals surface area contributed by atoms with E-state index in [0.29, 0.717) is 5.54 Å². The first-order valence-corrected chi connectivity index (χ1v) is 6.57. The average Bonchev–Trinajstić information content (AvgIpc) is 2.49. The molecule has 16 heavy (non-hydrogen) atoms. The molecule has 0 bridgehead atoms. The van der Waals surface area contributed by atoms with Crippen LogP contribution in [0.2, 0.25) is 0 Å². The third-order valence-electron chi connectivity index (χ3n) is 3.32. The summed E-state index contributed by atoms with van der Waals surface area (Å²) in [4.78, 5) is 0. The summed E-state index contributed by atoms with van der Waals surface area (Å²) in [6, 6.07) is 17.5. The molecule has 0 atom stereocenters. The Kier molecular flexibility index (Phi) is 2.60. The zero-order chi connectivity index (χ0) is 11.0. The maximum absolute atomic E-state index is 3.84. The molecule has 0 radical (unpaired) electrons. The Morgan fingerprint density at radius 1 is 0.750 bits per heavy atom. The molecule has 3 rings (SSSR count). The molecule has 2 aromatic carbocycles. The number of rotatable bonds is 0. The van der Waals surface area contributed by atoms with Crippen LogP contribution in [-0.2, 0) is 12.8 Å². The number of aryl methyl sites for hydroxylation is 2. The summed E-state index contributed by atoms with van der Waals surface area (Å²) < 4.78 is 0. The van der Waals surface area contributed by atoms with Gasteiger partial charge in [-0.3, -0.25) is 0 Å². The van der Waals surface area contributed by atoms with Gasteiger partial charge in [-0.2, -0.15) is 0 Å². The first-order valence-electron chi connectivity index (χ1n) is 5.66. The van der Waals surface area contributed by atoms with Crippen molar-refractivity contribution in [2.75, 3.05) is 0 Å². The van der Waals surface area contributed by atoms with E-state index in [0.717, 1.165) is 12.8 Å². The fourth-order valence-electron chi connectivity index (χ4n) is 2.46. The summed E-state index contributed by atoms with van der Waals surface area (Å²) >= 11 is 3.84. The maximum atomic E-state index is 3.84. The molecule has 0 saturated carbocycles. The molecule has 0 amide bonds. The maximum Gasteiger partial charge on any atom is 0.288 e. The summed E-state index contributed by atoms with van der Waals surface area (Å²) in [6.45, 7) is 0. The lowest BCUT2D eigenvalue weighted by atomic mass is 9.61. The molecule has 0 unspecified atom stereocenters. The van der Waals surface area contributed by atoms with Crippen molar-refractivity contribution in [2.45, 2.75) is 12.8 Å². The smallest absolute Gasteiger partial charge is 0.143 e. The lowest BCUT2D eigenvalue weighted by Crippen LogP contribution is -2.38. The Bertz CT molecular complexity index is 474. The summed E-state index contributed by atoms with van der Waals surface area (Å²) in [6.07, 6.45) is 2.30. The van der Waals surface area contributed by atoms with Gasteiger partial charge in [-0.1, -0.05) is 70.6 Å². The molecule has 1 heterocycles. The highest BCUT2D eigenvalue weighted by Crippen LogP contribution is 2.13. The summed E-state index contributed by atoms with van der Waals surface area (Å²) in [5.74, 6) is 0. The second-order valence-corrected chi connectivity index (χ2v) is 5.18. The van der Waals surface area contributed by atoms with Crippen LogP contribution in [0, 0.1) is 0 Å². The van der Waals surface area contributed by atoms with Crippen molar-refractivity contribution in [3.05, 3.63) is 59.7 Å². The molecule has 0 spiro atoms. The van der Waals surface area contributed by atoms with Crippen LogP contribution < -0.4 is 10.9 Å². The highest BCUT2D eigenvalue weighted by molar-refractivity contribution is 9.25. The SMILES string of the molecule is BrB1c2ccccc2CCc2ccccc21. The Morgan fingerprint density at radius 3 is 1.69 bits per heavy atom. The highest BCUT2D eigenvalue weighted by atomic mass is 79.9. The van der Waals surface area contributed by atoms with Gasteiger partial charge in [0.1, 0.15) is 0 Å². The largest absolute Gasteiger partial charge is 0.288 e. The molecule has 0 nitrogen and oxygen atoms in total. The third-order valence-corrected chi connectivity index (χ3v) is 4.31.